The quantitative estimate of drug-likeness (QED) is 0.631. The average Bonchev–Trinajstić information content (AvgIpc) is 3.05. The highest BCUT2D eigenvalue weighted by Gasteiger charge is 2.36. The fourth-order valence-corrected chi connectivity index (χ4v) is 5.04. The summed E-state index contributed by atoms with van der Waals surface area (Å²) in [5.74, 6) is -0.0958. The van der Waals surface area contributed by atoms with Crippen LogP contribution >= 0.6 is 34.0 Å². The second-order valence-corrected chi connectivity index (χ2v) is 8.61. The van der Waals surface area contributed by atoms with Gasteiger partial charge in [-0.2, -0.15) is 23.5 Å². The Morgan fingerprint density at radius 1 is 1.22 bits per heavy atom. The second-order valence-electron chi connectivity index (χ2n) is 5.68. The van der Waals surface area contributed by atoms with Gasteiger partial charge in [0.25, 0.3) is 0 Å². The van der Waals surface area contributed by atoms with Crippen molar-refractivity contribution in [3.63, 3.8) is 0 Å². The van der Waals surface area contributed by atoms with E-state index in [4.69, 9.17) is 28.9 Å². The summed E-state index contributed by atoms with van der Waals surface area (Å²) in [6.45, 7) is 0.224. The zero-order chi connectivity index (χ0) is 20.1. The molecule has 13 heteroatoms. The molecule has 146 valence electrons. The maximum atomic E-state index is 12.9. The third-order valence-corrected chi connectivity index (χ3v) is 6.42. The minimum Gasteiger partial charge on any atom is -0.382 e. The van der Waals surface area contributed by atoms with Gasteiger partial charge in [-0.15, -0.1) is 10.8 Å². The maximum Gasteiger partial charge on any atom is 0.416 e. The second kappa shape index (κ2) is 6.65. The van der Waals surface area contributed by atoms with Gasteiger partial charge in [0.15, 0.2) is 11.5 Å². The number of hydrogen-bond acceptors (Lipinski definition) is 6. The number of aromatic nitrogens is 2. The summed E-state index contributed by atoms with van der Waals surface area (Å²) in [6.07, 6.45) is -4.20. The summed E-state index contributed by atoms with van der Waals surface area (Å²) in [7, 11) is -3.18. The van der Waals surface area contributed by atoms with E-state index in [-0.39, 0.29) is 45.2 Å². The first-order valence-corrected chi connectivity index (χ1v) is 9.79. The molecule has 0 bridgehead atoms. The van der Waals surface area contributed by atoms with E-state index in [0.717, 1.165) is 4.68 Å². The minimum absolute atomic E-state index is 0.0259. The predicted octanol–water partition coefficient (Wildman–Crippen LogP) is 4.53. The fourth-order valence-electron chi connectivity index (χ4n) is 2.76. The Kier molecular flexibility index (Phi) is 4.90. The standard InChI is InChI=1S/C14H12Cl2F3N5O2S/c15-8-4-7(14(17,18)19)5-9(16)11(8)24-13(21)12(10(6-20)22-24)23-2-1-3-27(23,25)26/h4-5,25-26H,1-3,21H2. The van der Waals surface area contributed by atoms with E-state index in [2.05, 4.69) is 5.10 Å². The Bertz CT molecular complexity index is 934. The third-order valence-electron chi connectivity index (χ3n) is 3.94. The van der Waals surface area contributed by atoms with Crippen LogP contribution in [0.4, 0.5) is 24.7 Å². The first-order valence-electron chi connectivity index (χ1n) is 7.36. The number of anilines is 2. The lowest BCUT2D eigenvalue weighted by molar-refractivity contribution is -0.137. The third kappa shape index (κ3) is 3.39. The highest BCUT2D eigenvalue weighted by molar-refractivity contribution is 8.25. The van der Waals surface area contributed by atoms with Crippen molar-refractivity contribution in [1.82, 2.24) is 9.78 Å². The van der Waals surface area contributed by atoms with Crippen molar-refractivity contribution in [1.29, 1.82) is 5.26 Å². The van der Waals surface area contributed by atoms with E-state index >= 15 is 0 Å². The zero-order valence-electron chi connectivity index (χ0n) is 13.3. The maximum absolute atomic E-state index is 12.9. The molecule has 4 N–H and O–H groups in total. The molecule has 0 aliphatic carbocycles. The molecule has 1 aliphatic rings. The first kappa shape index (κ1) is 19.9. The molecule has 0 saturated carbocycles. The largest absolute Gasteiger partial charge is 0.416 e. The number of alkyl halides is 3. The number of nitrogen functional groups attached to an aromatic ring is 1. The SMILES string of the molecule is N#Cc1nn(-c2c(Cl)cc(C(F)(F)F)cc2Cl)c(N)c1N1CCCS1(O)O. The zero-order valence-corrected chi connectivity index (χ0v) is 15.7. The van der Waals surface area contributed by atoms with Gasteiger partial charge < -0.3 is 5.73 Å². The lowest BCUT2D eigenvalue weighted by Gasteiger charge is -2.37. The van der Waals surface area contributed by atoms with Crippen LogP contribution in [0.5, 0.6) is 0 Å². The van der Waals surface area contributed by atoms with Crippen molar-refractivity contribution in [2.45, 2.75) is 12.6 Å². The van der Waals surface area contributed by atoms with E-state index in [1.165, 1.54) is 4.31 Å². The van der Waals surface area contributed by atoms with E-state index in [1.54, 1.807) is 6.07 Å². The van der Waals surface area contributed by atoms with Gasteiger partial charge in [-0.1, -0.05) is 23.2 Å². The Balaban J connectivity index is 2.19. The van der Waals surface area contributed by atoms with E-state index in [1.807, 2.05) is 0 Å². The molecule has 3 rings (SSSR count). The highest BCUT2D eigenvalue weighted by atomic mass is 35.5. The van der Waals surface area contributed by atoms with E-state index in [0.29, 0.717) is 18.6 Å². The van der Waals surface area contributed by atoms with Gasteiger partial charge in [-0.3, -0.25) is 13.4 Å². The lowest BCUT2D eigenvalue weighted by Crippen LogP contribution is -2.23. The topological polar surface area (TPSA) is 111 Å². The van der Waals surface area contributed by atoms with Gasteiger partial charge in [0.2, 0.25) is 0 Å². The number of nitrogens with zero attached hydrogens (tertiary/aromatic N) is 4. The number of nitriles is 1. The summed E-state index contributed by atoms with van der Waals surface area (Å²) in [4.78, 5) is 0. The van der Waals surface area contributed by atoms with Gasteiger partial charge in [0.05, 0.1) is 21.4 Å². The molecular weight excluding hydrogens is 430 g/mol. The van der Waals surface area contributed by atoms with Gasteiger partial charge in [-0.25, -0.2) is 4.68 Å². The Labute approximate surface area is 163 Å². The van der Waals surface area contributed by atoms with Crippen molar-refractivity contribution in [3.8, 4) is 11.8 Å². The molecular formula is C14H12Cl2F3N5O2S. The summed E-state index contributed by atoms with van der Waals surface area (Å²) in [6, 6.07) is 3.12. The molecule has 27 heavy (non-hydrogen) atoms. The number of benzene rings is 1. The molecule has 1 aromatic carbocycles. The van der Waals surface area contributed by atoms with Crippen molar-refractivity contribution < 1.29 is 22.3 Å². The molecule has 7 nitrogen and oxygen atoms in total. The molecule has 0 radical (unpaired) electrons. The fraction of sp³-hybridized carbons (Fsp3) is 0.286. The lowest BCUT2D eigenvalue weighted by atomic mass is 10.2. The first-order chi connectivity index (χ1) is 12.5. The Morgan fingerprint density at radius 2 is 1.81 bits per heavy atom. The van der Waals surface area contributed by atoms with E-state index in [9.17, 15) is 27.5 Å². The molecule has 0 atom stereocenters. The number of nitrogens with two attached hydrogens (primary N) is 1. The smallest absolute Gasteiger partial charge is 0.382 e. The summed E-state index contributed by atoms with van der Waals surface area (Å²) < 4.78 is 61.1. The Hall–Kier alpha value is -1.84. The molecule has 1 aliphatic heterocycles. The van der Waals surface area contributed by atoms with Crippen molar-refractivity contribution in [3.05, 3.63) is 33.4 Å². The predicted molar refractivity (Wildman–Crippen MR) is 97.4 cm³/mol. The summed E-state index contributed by atoms with van der Waals surface area (Å²) in [5, 5.41) is 12.5. The molecule has 2 aromatic rings. The average molecular weight is 442 g/mol. The molecule has 2 heterocycles. The van der Waals surface area contributed by atoms with Crippen LogP contribution in [-0.4, -0.2) is 31.2 Å². The van der Waals surface area contributed by atoms with Crippen molar-refractivity contribution in [2.24, 2.45) is 0 Å². The molecule has 0 unspecified atom stereocenters. The molecule has 1 saturated heterocycles. The van der Waals surface area contributed by atoms with Crippen LogP contribution in [0.1, 0.15) is 17.7 Å². The number of halogens is 5. The van der Waals surface area contributed by atoms with Crippen molar-refractivity contribution >= 4 is 45.5 Å². The minimum atomic E-state index is -4.66. The van der Waals surface area contributed by atoms with Crippen LogP contribution in [0.25, 0.3) is 5.69 Å². The van der Waals surface area contributed by atoms with Crippen molar-refractivity contribution in [2.75, 3.05) is 22.3 Å². The molecule has 0 amide bonds. The van der Waals surface area contributed by atoms with Crippen LogP contribution in [0.15, 0.2) is 12.1 Å². The van der Waals surface area contributed by atoms with Crippen LogP contribution < -0.4 is 10.0 Å². The van der Waals surface area contributed by atoms with Crippen LogP contribution in [0.3, 0.4) is 0 Å². The van der Waals surface area contributed by atoms with Gasteiger partial charge in [-0.05, 0) is 18.6 Å². The normalized spacial score (nSPS) is 17.8. The van der Waals surface area contributed by atoms with E-state index < -0.39 is 22.5 Å². The molecule has 1 fully saturated rings. The Morgan fingerprint density at radius 3 is 2.26 bits per heavy atom. The van der Waals surface area contributed by atoms with Crippen LogP contribution in [-0.2, 0) is 6.18 Å². The van der Waals surface area contributed by atoms with Gasteiger partial charge in [0.1, 0.15) is 17.4 Å². The van der Waals surface area contributed by atoms with Gasteiger partial charge in [0, 0.05) is 6.54 Å². The van der Waals surface area contributed by atoms with Crippen LogP contribution in [0, 0.1) is 11.3 Å². The highest BCUT2D eigenvalue weighted by Crippen LogP contribution is 2.53. The van der Waals surface area contributed by atoms with Crippen LogP contribution in [0.2, 0.25) is 10.0 Å². The summed E-state index contributed by atoms with van der Waals surface area (Å²) >= 11 is 12.0. The molecule has 1 aromatic heterocycles. The summed E-state index contributed by atoms with van der Waals surface area (Å²) in [5.41, 5.74) is 4.57. The monoisotopic (exact) mass is 441 g/mol. The molecule has 0 spiro atoms. The van der Waals surface area contributed by atoms with Gasteiger partial charge >= 0.3 is 6.18 Å². The number of rotatable bonds is 2. The number of hydrogen-bond donors (Lipinski definition) is 3.